The van der Waals surface area contributed by atoms with Gasteiger partial charge in [-0.25, -0.2) is 9.48 Å². The van der Waals surface area contributed by atoms with Crippen molar-refractivity contribution in [3.05, 3.63) is 45.2 Å². The molecule has 0 atom stereocenters. The van der Waals surface area contributed by atoms with Crippen molar-refractivity contribution in [3.63, 3.8) is 0 Å². The van der Waals surface area contributed by atoms with Crippen LogP contribution in [0.25, 0.3) is 5.69 Å². The van der Waals surface area contributed by atoms with E-state index in [1.807, 2.05) is 6.07 Å². The van der Waals surface area contributed by atoms with Gasteiger partial charge in [-0.3, -0.25) is 0 Å². The van der Waals surface area contributed by atoms with Gasteiger partial charge in [-0.05, 0) is 50.8 Å². The normalized spacial score (nSPS) is 13.8. The number of carbonyl (C=O) groups is 1. The summed E-state index contributed by atoms with van der Waals surface area (Å²) < 4.78 is 6.89. The molecule has 1 aromatic heterocycles. The van der Waals surface area contributed by atoms with Crippen molar-refractivity contribution in [1.82, 2.24) is 9.78 Å². The van der Waals surface area contributed by atoms with Crippen molar-refractivity contribution in [2.45, 2.75) is 32.6 Å². The number of ether oxygens (including phenoxy) is 1. The molecule has 0 saturated heterocycles. The minimum Gasteiger partial charge on any atom is -0.461 e. The molecule has 0 radical (unpaired) electrons. The average molecular weight is 339 g/mol. The highest BCUT2D eigenvalue weighted by molar-refractivity contribution is 6.35. The lowest BCUT2D eigenvalue weighted by atomic mass is 9.95. The Balaban J connectivity index is 2.13. The van der Waals surface area contributed by atoms with Gasteiger partial charge in [0.25, 0.3) is 0 Å². The van der Waals surface area contributed by atoms with Crippen molar-refractivity contribution in [2.24, 2.45) is 0 Å². The summed E-state index contributed by atoms with van der Waals surface area (Å²) in [5.41, 5.74) is 3.16. The average Bonchev–Trinajstić information content (AvgIpc) is 2.87. The Labute approximate surface area is 139 Å². The molecule has 0 amide bonds. The summed E-state index contributed by atoms with van der Waals surface area (Å²) >= 11 is 12.3. The monoisotopic (exact) mass is 338 g/mol. The Bertz CT molecular complexity index is 725. The van der Waals surface area contributed by atoms with Crippen molar-refractivity contribution < 1.29 is 9.53 Å². The molecule has 1 aromatic carbocycles. The fourth-order valence-electron chi connectivity index (χ4n) is 2.81. The van der Waals surface area contributed by atoms with Crippen molar-refractivity contribution in [1.29, 1.82) is 0 Å². The Morgan fingerprint density at radius 3 is 2.82 bits per heavy atom. The summed E-state index contributed by atoms with van der Waals surface area (Å²) in [5, 5.41) is 5.57. The van der Waals surface area contributed by atoms with Crippen LogP contribution in [0.15, 0.2) is 18.2 Å². The molecule has 1 heterocycles. The molecule has 0 saturated carbocycles. The molecule has 116 valence electrons. The molecule has 6 heteroatoms. The number of rotatable bonds is 3. The molecule has 0 bridgehead atoms. The topological polar surface area (TPSA) is 44.1 Å². The largest absolute Gasteiger partial charge is 0.461 e. The molecule has 4 nitrogen and oxygen atoms in total. The van der Waals surface area contributed by atoms with Gasteiger partial charge in [0.2, 0.25) is 0 Å². The third-order valence-electron chi connectivity index (χ3n) is 3.79. The summed E-state index contributed by atoms with van der Waals surface area (Å²) in [6.07, 6.45) is 3.85. The Morgan fingerprint density at radius 2 is 2.09 bits per heavy atom. The van der Waals surface area contributed by atoms with Crippen molar-refractivity contribution >= 4 is 29.2 Å². The van der Waals surface area contributed by atoms with Crippen LogP contribution in [0.4, 0.5) is 0 Å². The fraction of sp³-hybridized carbons (Fsp3) is 0.375. The number of fused-ring (bicyclic) bond motifs is 1. The summed E-state index contributed by atoms with van der Waals surface area (Å²) in [5.74, 6) is -0.371. The summed E-state index contributed by atoms with van der Waals surface area (Å²) in [7, 11) is 0. The maximum absolute atomic E-state index is 12.1. The Kier molecular flexibility index (Phi) is 4.41. The number of carbonyl (C=O) groups excluding carboxylic acids is 1. The third-order valence-corrected chi connectivity index (χ3v) is 4.32. The maximum atomic E-state index is 12.1. The number of nitrogens with zero attached hydrogens (tertiary/aromatic N) is 2. The van der Waals surface area contributed by atoms with Gasteiger partial charge < -0.3 is 4.74 Å². The molecule has 0 N–H and O–H groups in total. The minimum absolute atomic E-state index is 0.335. The van der Waals surface area contributed by atoms with Gasteiger partial charge in [-0.2, -0.15) is 5.10 Å². The van der Waals surface area contributed by atoms with Crippen LogP contribution < -0.4 is 0 Å². The second-order valence-corrected chi connectivity index (χ2v) is 6.05. The number of halogens is 2. The number of aromatic nitrogens is 2. The first-order valence-electron chi connectivity index (χ1n) is 7.35. The molecule has 22 heavy (non-hydrogen) atoms. The molecule has 2 aromatic rings. The third kappa shape index (κ3) is 2.73. The van der Waals surface area contributed by atoms with Crippen LogP contribution in [-0.2, 0) is 17.6 Å². The van der Waals surface area contributed by atoms with Gasteiger partial charge in [0.15, 0.2) is 5.69 Å². The van der Waals surface area contributed by atoms with Crippen molar-refractivity contribution in [2.75, 3.05) is 6.61 Å². The summed E-state index contributed by atoms with van der Waals surface area (Å²) in [4.78, 5) is 12.1. The molecule has 0 aliphatic heterocycles. The second-order valence-electron chi connectivity index (χ2n) is 5.21. The molecule has 1 aliphatic rings. The maximum Gasteiger partial charge on any atom is 0.359 e. The second kappa shape index (κ2) is 6.31. The number of hydrogen-bond donors (Lipinski definition) is 0. The van der Waals surface area contributed by atoms with Crippen LogP contribution >= 0.6 is 23.2 Å². The zero-order chi connectivity index (χ0) is 15.7. The quantitative estimate of drug-likeness (QED) is 0.786. The Hall–Kier alpha value is -1.52. The van der Waals surface area contributed by atoms with Gasteiger partial charge in [0, 0.05) is 16.3 Å². The lowest BCUT2D eigenvalue weighted by Gasteiger charge is -2.14. The van der Waals surface area contributed by atoms with Crippen LogP contribution in [0, 0.1) is 0 Å². The standard InChI is InChI=1S/C16H16Cl2N2O2/c1-2-22-16(21)15-11-5-3-4-6-13(11)20(19-15)14-8-7-10(17)9-12(14)18/h7-9H,2-6H2,1H3. The first kappa shape index (κ1) is 15.4. The van der Waals surface area contributed by atoms with Gasteiger partial charge in [-0.15, -0.1) is 0 Å². The van der Waals surface area contributed by atoms with E-state index in [9.17, 15) is 4.79 Å². The van der Waals surface area contributed by atoms with E-state index in [1.165, 1.54) is 0 Å². The fourth-order valence-corrected chi connectivity index (χ4v) is 3.30. The molecular formula is C16H16Cl2N2O2. The highest BCUT2D eigenvalue weighted by Crippen LogP contribution is 2.31. The zero-order valence-electron chi connectivity index (χ0n) is 12.2. The van der Waals surface area contributed by atoms with Crippen LogP contribution in [0.1, 0.15) is 41.5 Å². The summed E-state index contributed by atoms with van der Waals surface area (Å²) in [6.45, 7) is 2.12. The van der Waals surface area contributed by atoms with Gasteiger partial charge >= 0.3 is 5.97 Å². The lowest BCUT2D eigenvalue weighted by Crippen LogP contribution is -2.10. The number of hydrogen-bond acceptors (Lipinski definition) is 3. The van der Waals surface area contributed by atoms with E-state index in [1.54, 1.807) is 23.7 Å². The van der Waals surface area contributed by atoms with Gasteiger partial charge in [0.05, 0.1) is 17.3 Å². The SMILES string of the molecule is CCOC(=O)c1nn(-c2ccc(Cl)cc2Cl)c2c1CCCC2. The van der Waals surface area contributed by atoms with E-state index in [0.717, 1.165) is 42.6 Å². The van der Waals surface area contributed by atoms with Gasteiger partial charge in [-0.1, -0.05) is 23.2 Å². The highest BCUT2D eigenvalue weighted by Gasteiger charge is 2.26. The van der Waals surface area contributed by atoms with Crippen molar-refractivity contribution in [3.8, 4) is 5.69 Å². The van der Waals surface area contributed by atoms with Crippen LogP contribution in [0.3, 0.4) is 0 Å². The molecule has 0 fully saturated rings. The van der Waals surface area contributed by atoms with E-state index in [2.05, 4.69) is 5.10 Å². The van der Waals surface area contributed by atoms with Crippen LogP contribution in [0.2, 0.25) is 10.0 Å². The smallest absolute Gasteiger partial charge is 0.359 e. The number of benzene rings is 1. The highest BCUT2D eigenvalue weighted by atomic mass is 35.5. The first-order valence-corrected chi connectivity index (χ1v) is 8.10. The predicted molar refractivity (Wildman–Crippen MR) is 86.2 cm³/mol. The molecule has 0 unspecified atom stereocenters. The molecule has 0 spiro atoms. The van der Waals surface area contributed by atoms with Crippen LogP contribution in [0.5, 0.6) is 0 Å². The zero-order valence-corrected chi connectivity index (χ0v) is 13.7. The number of esters is 1. The first-order chi connectivity index (χ1) is 10.6. The van der Waals surface area contributed by atoms with Gasteiger partial charge in [0.1, 0.15) is 0 Å². The lowest BCUT2D eigenvalue weighted by molar-refractivity contribution is 0.0517. The molecular weight excluding hydrogens is 323 g/mol. The van der Waals surface area contributed by atoms with E-state index in [4.69, 9.17) is 27.9 Å². The van der Waals surface area contributed by atoms with Crippen LogP contribution in [-0.4, -0.2) is 22.4 Å². The van der Waals surface area contributed by atoms with E-state index >= 15 is 0 Å². The Morgan fingerprint density at radius 1 is 1.32 bits per heavy atom. The minimum atomic E-state index is -0.371. The molecule has 1 aliphatic carbocycles. The van der Waals surface area contributed by atoms with E-state index in [-0.39, 0.29) is 5.97 Å². The predicted octanol–water partition coefficient (Wildman–Crippen LogP) is 4.23. The summed E-state index contributed by atoms with van der Waals surface area (Å²) in [6, 6.07) is 5.27. The van der Waals surface area contributed by atoms with E-state index in [0.29, 0.717) is 22.3 Å². The van der Waals surface area contributed by atoms with E-state index < -0.39 is 0 Å². The molecule has 3 rings (SSSR count).